The van der Waals surface area contributed by atoms with Gasteiger partial charge in [0.2, 0.25) is 11.8 Å². The Morgan fingerprint density at radius 2 is 1.15 bits per heavy atom. The first-order chi connectivity index (χ1) is 29.9. The second-order valence-electron chi connectivity index (χ2n) is 18.1. The summed E-state index contributed by atoms with van der Waals surface area (Å²) >= 11 is 0. The first-order valence-corrected chi connectivity index (χ1v) is 22.9. The number of hydrogen-bond donors (Lipinski definition) is 0. The zero-order chi connectivity index (χ0) is 41.3. The second-order valence-corrected chi connectivity index (χ2v) is 18.1. The Morgan fingerprint density at radius 3 is 1.74 bits per heavy atom. The minimum absolute atomic E-state index is 0.144. The van der Waals surface area contributed by atoms with Crippen molar-refractivity contribution in [2.24, 2.45) is 11.8 Å². The summed E-state index contributed by atoms with van der Waals surface area (Å²) in [5.74, 6) is 1.77. The third-order valence-electron chi connectivity index (χ3n) is 14.5. The minimum Gasteiger partial charge on any atom is -0.423 e. The molecule has 1 atom stereocenters. The smallest absolute Gasteiger partial charge is 0.336 e. The predicted octanol–water partition coefficient (Wildman–Crippen LogP) is 10.4. The fourth-order valence-electron chi connectivity index (χ4n) is 11.5. The number of aryl methyl sites for hydroxylation is 2. The number of amides is 2. The molecule has 2 heterocycles. The average molecular weight is 817 g/mol. The van der Waals surface area contributed by atoms with Crippen LogP contribution in [0.4, 0.5) is 11.4 Å². The summed E-state index contributed by atoms with van der Waals surface area (Å²) in [6, 6.07) is 24.7. The molecule has 0 N–H and O–H groups in total. The predicted molar refractivity (Wildman–Crippen MR) is 239 cm³/mol. The van der Waals surface area contributed by atoms with E-state index in [9.17, 15) is 14.4 Å². The molecule has 8 nitrogen and oxygen atoms in total. The number of carbonyl (C=O) groups is 3. The maximum atomic E-state index is 13.5. The van der Waals surface area contributed by atoms with E-state index in [-0.39, 0.29) is 29.8 Å². The van der Waals surface area contributed by atoms with Crippen LogP contribution in [0.5, 0.6) is 11.5 Å². The summed E-state index contributed by atoms with van der Waals surface area (Å²) in [6.45, 7) is 1.76. The van der Waals surface area contributed by atoms with Gasteiger partial charge < -0.3 is 19.4 Å². The van der Waals surface area contributed by atoms with Crippen LogP contribution in [-0.4, -0.2) is 37.5 Å². The van der Waals surface area contributed by atoms with E-state index in [1.165, 1.54) is 35.6 Å². The summed E-state index contributed by atoms with van der Waals surface area (Å²) < 4.78 is 6.18. The Kier molecular flexibility index (Phi) is 11.1. The Morgan fingerprint density at radius 1 is 0.607 bits per heavy atom. The van der Waals surface area contributed by atoms with E-state index in [4.69, 9.17) is 14.5 Å². The van der Waals surface area contributed by atoms with E-state index in [1.54, 1.807) is 0 Å². The normalized spacial score (nSPS) is 21.0. The SMILES string of the molecule is O=C(C=Cc1ccc2c(c1)CCN2C(=O)C1CCCCC1)Oc1cccc2c1C1(CCc3cccc(OOCC=Cc4ccc5c(c4)CCN5C(=O)C4CCCCC4)c31)CC2. The van der Waals surface area contributed by atoms with E-state index >= 15 is 0 Å². The van der Waals surface area contributed by atoms with E-state index in [1.807, 2.05) is 64.4 Å². The van der Waals surface area contributed by atoms with Crippen molar-refractivity contribution in [1.82, 2.24) is 0 Å². The Bertz CT molecular complexity index is 2400. The Balaban J connectivity index is 0.791. The van der Waals surface area contributed by atoms with Crippen molar-refractivity contribution in [2.75, 3.05) is 29.5 Å². The monoisotopic (exact) mass is 816 g/mol. The van der Waals surface area contributed by atoms with Crippen LogP contribution in [0.3, 0.4) is 0 Å². The van der Waals surface area contributed by atoms with Crippen LogP contribution < -0.4 is 19.4 Å². The molecule has 2 amide bonds. The van der Waals surface area contributed by atoms with Crippen LogP contribution in [0.1, 0.15) is 122 Å². The van der Waals surface area contributed by atoms with E-state index in [0.717, 1.165) is 142 Å². The van der Waals surface area contributed by atoms with E-state index < -0.39 is 5.97 Å². The lowest BCUT2D eigenvalue weighted by Crippen LogP contribution is -2.35. The summed E-state index contributed by atoms with van der Waals surface area (Å²) in [6.07, 6.45) is 23.8. The summed E-state index contributed by atoms with van der Waals surface area (Å²) in [7, 11) is 0. The summed E-state index contributed by atoms with van der Waals surface area (Å²) in [4.78, 5) is 56.0. The number of rotatable bonds is 10. The van der Waals surface area contributed by atoms with Gasteiger partial charge in [0.1, 0.15) is 12.4 Å². The maximum absolute atomic E-state index is 13.5. The van der Waals surface area contributed by atoms with Gasteiger partial charge in [0.15, 0.2) is 5.75 Å². The van der Waals surface area contributed by atoms with Crippen molar-refractivity contribution in [1.29, 1.82) is 0 Å². The molecule has 0 radical (unpaired) electrons. The maximum Gasteiger partial charge on any atom is 0.336 e. The van der Waals surface area contributed by atoms with Crippen molar-refractivity contribution in [3.8, 4) is 11.5 Å². The van der Waals surface area contributed by atoms with E-state index in [0.29, 0.717) is 17.4 Å². The van der Waals surface area contributed by atoms with Gasteiger partial charge in [-0.2, -0.15) is 4.89 Å². The van der Waals surface area contributed by atoms with Gasteiger partial charge in [-0.05, 0) is 140 Å². The number of anilines is 2. The molecule has 4 aromatic rings. The first kappa shape index (κ1) is 39.7. The molecule has 314 valence electrons. The third kappa shape index (κ3) is 7.73. The zero-order valence-corrected chi connectivity index (χ0v) is 35.2. The van der Waals surface area contributed by atoms with Crippen LogP contribution in [0.2, 0.25) is 0 Å². The van der Waals surface area contributed by atoms with Crippen LogP contribution in [0.25, 0.3) is 12.2 Å². The van der Waals surface area contributed by atoms with Gasteiger partial charge in [0, 0.05) is 58.9 Å². The number of nitrogens with zero attached hydrogens (tertiary/aromatic N) is 2. The van der Waals surface area contributed by atoms with Crippen LogP contribution >= 0.6 is 0 Å². The highest BCUT2D eigenvalue weighted by atomic mass is 17.2. The highest BCUT2D eigenvalue weighted by Gasteiger charge is 2.49. The van der Waals surface area contributed by atoms with Crippen LogP contribution in [-0.2, 0) is 50.4 Å². The van der Waals surface area contributed by atoms with Crippen molar-refractivity contribution in [3.63, 3.8) is 0 Å². The standard InChI is InChI=1S/C53H56N2O6/c56-48(24-21-37-20-23-45-43(35-37)28-32-55(45)52(58)41-13-5-2-6-14-41)60-46-17-7-15-38-25-29-53(49(38)46)30-26-39-16-8-18-47(50(39)53)61-59-33-9-10-36-19-22-44-42(34-36)27-31-54(44)51(57)40-11-3-1-4-12-40/h7-10,15-24,34-35,40-41H,1-6,11-14,25-33H2. The van der Waals surface area contributed by atoms with Crippen LogP contribution in [0, 0.1) is 11.8 Å². The lowest BCUT2D eigenvalue weighted by atomic mass is 9.76. The van der Waals surface area contributed by atoms with Gasteiger partial charge in [0.05, 0.1) is 0 Å². The number of benzene rings is 4. The molecule has 0 saturated heterocycles. The van der Waals surface area contributed by atoms with Crippen molar-refractivity contribution in [2.45, 2.75) is 108 Å². The van der Waals surface area contributed by atoms with Crippen molar-refractivity contribution >= 4 is 41.3 Å². The molecule has 4 aromatic carbocycles. The zero-order valence-electron chi connectivity index (χ0n) is 35.2. The Hall–Kier alpha value is -5.47. The summed E-state index contributed by atoms with van der Waals surface area (Å²) in [5.41, 5.74) is 10.7. The van der Waals surface area contributed by atoms with Gasteiger partial charge in [-0.25, -0.2) is 4.79 Å². The molecule has 8 heteroatoms. The van der Waals surface area contributed by atoms with Gasteiger partial charge in [-0.15, -0.1) is 0 Å². The van der Waals surface area contributed by atoms with Gasteiger partial charge in [0.25, 0.3) is 0 Å². The molecule has 4 aliphatic carbocycles. The fraction of sp³-hybridized carbons (Fsp3) is 0.415. The first-order valence-electron chi connectivity index (χ1n) is 22.9. The average Bonchev–Trinajstić information content (AvgIpc) is 4.11. The molecule has 61 heavy (non-hydrogen) atoms. The molecule has 1 unspecified atom stereocenters. The molecule has 6 aliphatic rings. The topological polar surface area (TPSA) is 85.4 Å². The lowest BCUT2D eigenvalue weighted by molar-refractivity contribution is -0.196. The van der Waals surface area contributed by atoms with Crippen molar-refractivity contribution < 1.29 is 28.9 Å². The molecular formula is C53H56N2O6. The van der Waals surface area contributed by atoms with Crippen molar-refractivity contribution in [3.05, 3.63) is 129 Å². The molecule has 2 fully saturated rings. The number of fused-ring (bicyclic) bond motifs is 6. The highest BCUT2D eigenvalue weighted by molar-refractivity contribution is 5.98. The van der Waals surface area contributed by atoms with Gasteiger partial charge >= 0.3 is 5.97 Å². The number of ether oxygens (including phenoxy) is 1. The fourth-order valence-corrected chi connectivity index (χ4v) is 11.5. The largest absolute Gasteiger partial charge is 0.423 e. The molecule has 1 spiro atoms. The quantitative estimate of drug-likeness (QED) is 0.0396. The molecule has 0 aromatic heterocycles. The van der Waals surface area contributed by atoms with Gasteiger partial charge in [-0.3, -0.25) is 9.59 Å². The molecule has 2 saturated carbocycles. The third-order valence-corrected chi connectivity index (χ3v) is 14.5. The van der Waals surface area contributed by atoms with Crippen LogP contribution in [0.15, 0.2) is 84.9 Å². The molecular weight excluding hydrogens is 761 g/mol. The molecule has 0 bridgehead atoms. The summed E-state index contributed by atoms with van der Waals surface area (Å²) in [5, 5.41) is 0. The van der Waals surface area contributed by atoms with E-state index in [2.05, 4.69) is 36.4 Å². The second kappa shape index (κ2) is 17.1. The highest BCUT2D eigenvalue weighted by Crippen LogP contribution is 2.57. The lowest BCUT2D eigenvalue weighted by Gasteiger charge is -2.29. The molecule has 2 aliphatic heterocycles. The number of hydrogen-bond acceptors (Lipinski definition) is 6. The number of esters is 1. The minimum atomic E-state index is -0.420. The number of carbonyl (C=O) groups excluding carboxylic acids is 3. The molecule has 10 rings (SSSR count). The Labute approximate surface area is 359 Å². The van der Waals surface area contributed by atoms with Gasteiger partial charge in [-0.1, -0.05) is 87.1 Å².